The summed E-state index contributed by atoms with van der Waals surface area (Å²) < 4.78 is 7.45. The summed E-state index contributed by atoms with van der Waals surface area (Å²) in [7, 11) is 0. The number of aromatic nitrogens is 4. The Morgan fingerprint density at radius 2 is 2.24 bits per heavy atom. The molecule has 1 saturated heterocycles. The monoisotopic (exact) mass is 287 g/mol. The second-order valence-electron chi connectivity index (χ2n) is 6.33. The number of nitrogens with zero attached hydrogens (tertiary/aromatic N) is 5. The molecule has 6 heteroatoms. The third kappa shape index (κ3) is 2.85. The molecule has 0 radical (unpaired) electrons. The number of likely N-dealkylation sites (tertiary alicyclic amines) is 1. The third-order valence-electron chi connectivity index (χ3n) is 4.42. The van der Waals surface area contributed by atoms with E-state index in [2.05, 4.69) is 33.3 Å². The van der Waals surface area contributed by atoms with Gasteiger partial charge in [-0.15, -0.1) is 0 Å². The van der Waals surface area contributed by atoms with Crippen molar-refractivity contribution in [1.82, 2.24) is 24.8 Å². The maximum Gasteiger partial charge on any atom is 0.240 e. The maximum absolute atomic E-state index is 5.41. The number of hydrogen-bond acceptors (Lipinski definition) is 5. The smallest absolute Gasteiger partial charge is 0.240 e. The van der Waals surface area contributed by atoms with Crippen LogP contribution in [0, 0.1) is 6.92 Å². The van der Waals surface area contributed by atoms with Gasteiger partial charge in [0.1, 0.15) is 0 Å². The molecule has 0 spiro atoms. The van der Waals surface area contributed by atoms with Crippen LogP contribution in [0.15, 0.2) is 16.9 Å². The Kier molecular flexibility index (Phi) is 3.25. The predicted molar refractivity (Wildman–Crippen MR) is 76.7 cm³/mol. The Morgan fingerprint density at radius 3 is 3.00 bits per heavy atom. The molecule has 2 aliphatic rings. The van der Waals surface area contributed by atoms with E-state index in [1.807, 2.05) is 10.9 Å². The van der Waals surface area contributed by atoms with Crippen molar-refractivity contribution >= 4 is 0 Å². The number of aryl methyl sites for hydroxylation is 1. The highest BCUT2D eigenvalue weighted by Crippen LogP contribution is 2.38. The summed E-state index contributed by atoms with van der Waals surface area (Å²) in [5, 5.41) is 8.50. The molecule has 4 rings (SSSR count). The minimum atomic E-state index is 0.514. The van der Waals surface area contributed by atoms with Gasteiger partial charge in [0.05, 0.1) is 19.3 Å². The molecule has 21 heavy (non-hydrogen) atoms. The van der Waals surface area contributed by atoms with Crippen LogP contribution in [-0.4, -0.2) is 37.4 Å². The Hall–Kier alpha value is -1.69. The van der Waals surface area contributed by atoms with Crippen molar-refractivity contribution < 1.29 is 4.52 Å². The molecule has 6 nitrogen and oxygen atoms in total. The van der Waals surface area contributed by atoms with Gasteiger partial charge in [0.15, 0.2) is 5.82 Å². The van der Waals surface area contributed by atoms with Crippen molar-refractivity contribution in [3.05, 3.63) is 29.7 Å². The van der Waals surface area contributed by atoms with E-state index >= 15 is 0 Å². The second-order valence-corrected chi connectivity index (χ2v) is 6.33. The third-order valence-corrected chi connectivity index (χ3v) is 4.42. The van der Waals surface area contributed by atoms with E-state index in [0.29, 0.717) is 12.0 Å². The second kappa shape index (κ2) is 5.26. The molecule has 0 amide bonds. The van der Waals surface area contributed by atoms with Gasteiger partial charge in [-0.1, -0.05) is 5.16 Å². The first-order valence-electron chi connectivity index (χ1n) is 7.83. The molecule has 0 aromatic carbocycles. The SMILES string of the molecule is Cc1cnn(C[C@H]2CCCN2Cc2nc(C3CC3)no2)c1. The lowest BCUT2D eigenvalue weighted by atomic mass is 10.2. The Bertz CT molecular complexity index is 615. The standard InChI is InChI=1S/C15H21N5O/c1-11-7-16-20(8-11)9-13-3-2-6-19(13)10-14-17-15(18-21-14)12-4-5-12/h7-8,12-13H,2-6,9-10H2,1H3/t13-/m1/s1. The number of rotatable bonds is 5. The molecule has 1 saturated carbocycles. The molecule has 2 aromatic rings. The molecule has 1 atom stereocenters. The van der Waals surface area contributed by atoms with Crippen LogP contribution in [0.4, 0.5) is 0 Å². The first-order chi connectivity index (χ1) is 10.3. The summed E-state index contributed by atoms with van der Waals surface area (Å²) in [6.45, 7) is 4.89. The van der Waals surface area contributed by atoms with E-state index in [1.165, 1.54) is 31.2 Å². The van der Waals surface area contributed by atoms with Crippen LogP contribution in [0.25, 0.3) is 0 Å². The predicted octanol–water partition coefficient (Wildman–Crippen LogP) is 2.12. The maximum atomic E-state index is 5.41. The van der Waals surface area contributed by atoms with Gasteiger partial charge in [-0.05, 0) is 44.7 Å². The molecule has 0 N–H and O–H groups in total. The van der Waals surface area contributed by atoms with Gasteiger partial charge in [0.25, 0.3) is 0 Å². The normalized spacial score (nSPS) is 23.0. The molecule has 1 aliphatic heterocycles. The summed E-state index contributed by atoms with van der Waals surface area (Å²) in [5.74, 6) is 2.23. The van der Waals surface area contributed by atoms with E-state index in [1.54, 1.807) is 0 Å². The van der Waals surface area contributed by atoms with E-state index in [4.69, 9.17) is 4.52 Å². The minimum Gasteiger partial charge on any atom is -0.338 e. The van der Waals surface area contributed by atoms with E-state index in [-0.39, 0.29) is 0 Å². The van der Waals surface area contributed by atoms with Gasteiger partial charge in [-0.2, -0.15) is 10.1 Å². The average Bonchev–Trinajstić information content (AvgIpc) is 2.86. The Labute approximate surface area is 124 Å². The lowest BCUT2D eigenvalue weighted by molar-refractivity contribution is 0.192. The van der Waals surface area contributed by atoms with Crippen molar-refractivity contribution in [2.75, 3.05) is 6.54 Å². The lowest BCUT2D eigenvalue weighted by Gasteiger charge is -2.22. The Balaban J connectivity index is 1.40. The minimum absolute atomic E-state index is 0.514. The van der Waals surface area contributed by atoms with Crippen LogP contribution in [0.2, 0.25) is 0 Å². The van der Waals surface area contributed by atoms with E-state index < -0.39 is 0 Å². The van der Waals surface area contributed by atoms with Gasteiger partial charge in [-0.3, -0.25) is 9.58 Å². The Morgan fingerprint density at radius 1 is 1.33 bits per heavy atom. The molecule has 2 aromatic heterocycles. The molecule has 2 fully saturated rings. The molecular formula is C15H21N5O. The molecule has 0 unspecified atom stereocenters. The molecule has 1 aliphatic carbocycles. The fraction of sp³-hybridized carbons (Fsp3) is 0.667. The van der Waals surface area contributed by atoms with Gasteiger partial charge in [0.2, 0.25) is 5.89 Å². The van der Waals surface area contributed by atoms with Gasteiger partial charge in [0, 0.05) is 18.2 Å². The molecule has 112 valence electrons. The first kappa shape index (κ1) is 13.0. The van der Waals surface area contributed by atoms with Crippen LogP contribution >= 0.6 is 0 Å². The zero-order valence-corrected chi connectivity index (χ0v) is 12.4. The van der Waals surface area contributed by atoms with Gasteiger partial charge in [-0.25, -0.2) is 0 Å². The lowest BCUT2D eigenvalue weighted by Crippen LogP contribution is -2.32. The van der Waals surface area contributed by atoms with Crippen molar-refractivity contribution in [1.29, 1.82) is 0 Å². The summed E-state index contributed by atoms with van der Waals surface area (Å²) in [4.78, 5) is 6.99. The zero-order valence-electron chi connectivity index (χ0n) is 12.4. The summed E-state index contributed by atoms with van der Waals surface area (Å²) in [5.41, 5.74) is 1.21. The summed E-state index contributed by atoms with van der Waals surface area (Å²) in [6.07, 6.45) is 8.89. The topological polar surface area (TPSA) is 60.0 Å². The highest BCUT2D eigenvalue weighted by molar-refractivity contribution is 5.03. The van der Waals surface area contributed by atoms with Crippen LogP contribution in [0.1, 0.15) is 48.9 Å². The quantitative estimate of drug-likeness (QED) is 0.843. The van der Waals surface area contributed by atoms with Crippen molar-refractivity contribution in [2.24, 2.45) is 0 Å². The van der Waals surface area contributed by atoms with Crippen LogP contribution in [0.3, 0.4) is 0 Å². The highest BCUT2D eigenvalue weighted by Gasteiger charge is 2.30. The molecular weight excluding hydrogens is 266 g/mol. The highest BCUT2D eigenvalue weighted by atomic mass is 16.5. The number of hydrogen-bond donors (Lipinski definition) is 0. The van der Waals surface area contributed by atoms with Gasteiger partial charge >= 0.3 is 0 Å². The first-order valence-corrected chi connectivity index (χ1v) is 7.83. The van der Waals surface area contributed by atoms with E-state index in [0.717, 1.165) is 31.3 Å². The summed E-state index contributed by atoms with van der Waals surface area (Å²) >= 11 is 0. The largest absolute Gasteiger partial charge is 0.338 e. The molecule has 0 bridgehead atoms. The van der Waals surface area contributed by atoms with Crippen LogP contribution in [0.5, 0.6) is 0 Å². The summed E-state index contributed by atoms with van der Waals surface area (Å²) in [6, 6.07) is 0.514. The van der Waals surface area contributed by atoms with E-state index in [9.17, 15) is 0 Å². The fourth-order valence-corrected chi connectivity index (χ4v) is 3.11. The van der Waals surface area contributed by atoms with Crippen LogP contribution in [-0.2, 0) is 13.1 Å². The van der Waals surface area contributed by atoms with Crippen molar-refractivity contribution in [2.45, 2.75) is 57.7 Å². The van der Waals surface area contributed by atoms with Crippen LogP contribution < -0.4 is 0 Å². The van der Waals surface area contributed by atoms with Gasteiger partial charge < -0.3 is 4.52 Å². The fourth-order valence-electron chi connectivity index (χ4n) is 3.11. The van der Waals surface area contributed by atoms with Crippen molar-refractivity contribution in [3.63, 3.8) is 0 Å². The zero-order chi connectivity index (χ0) is 14.2. The average molecular weight is 287 g/mol. The molecule has 3 heterocycles. The van der Waals surface area contributed by atoms with Crippen molar-refractivity contribution in [3.8, 4) is 0 Å².